The van der Waals surface area contributed by atoms with Gasteiger partial charge in [0.1, 0.15) is 0 Å². The Morgan fingerprint density at radius 2 is 1.53 bits per heavy atom. The molecule has 0 aliphatic heterocycles. The van der Waals surface area contributed by atoms with E-state index in [-0.39, 0.29) is 0 Å². The maximum Gasteiger partial charge on any atom is 0.0297 e. The normalized spacial score (nSPS) is 14.1. The Bertz CT molecular complexity index is 533. The third-order valence-electron chi connectivity index (χ3n) is 3.41. The highest BCUT2D eigenvalue weighted by Gasteiger charge is 2.11. The number of hydrogen-bond donors (Lipinski definition) is 1. The average Bonchev–Trinajstić information content (AvgIpc) is 2.39. The Balaban J connectivity index is 2.06. The van der Waals surface area contributed by atoms with Crippen molar-refractivity contribution < 1.29 is 0 Å². The summed E-state index contributed by atoms with van der Waals surface area (Å²) >= 11 is 3.47. The van der Waals surface area contributed by atoms with Gasteiger partial charge in [-0.2, -0.15) is 0 Å². The largest absolute Gasteiger partial charge is 0.304 e. The van der Waals surface area contributed by atoms with Crippen molar-refractivity contribution in [2.24, 2.45) is 0 Å². The van der Waals surface area contributed by atoms with Gasteiger partial charge in [-0.05, 0) is 44.0 Å². The van der Waals surface area contributed by atoms with Crippen LogP contribution in [0.25, 0.3) is 0 Å². The maximum atomic E-state index is 3.64. The SMILES string of the molecule is Cc1cccc(C(C)NC(C)c2ccc(Br)cc2)c1. The van der Waals surface area contributed by atoms with E-state index in [1.54, 1.807) is 0 Å². The van der Waals surface area contributed by atoms with Crippen molar-refractivity contribution in [1.82, 2.24) is 5.32 Å². The van der Waals surface area contributed by atoms with Crippen LogP contribution >= 0.6 is 15.9 Å². The van der Waals surface area contributed by atoms with E-state index in [2.05, 4.69) is 90.5 Å². The smallest absolute Gasteiger partial charge is 0.0297 e. The summed E-state index contributed by atoms with van der Waals surface area (Å²) < 4.78 is 1.12. The maximum absolute atomic E-state index is 3.64. The molecule has 0 amide bonds. The zero-order chi connectivity index (χ0) is 13.8. The molecule has 0 heterocycles. The zero-order valence-electron chi connectivity index (χ0n) is 11.7. The molecule has 0 aliphatic carbocycles. The van der Waals surface area contributed by atoms with Crippen molar-refractivity contribution >= 4 is 15.9 Å². The Morgan fingerprint density at radius 1 is 0.895 bits per heavy atom. The first-order chi connectivity index (χ1) is 9.06. The third-order valence-corrected chi connectivity index (χ3v) is 3.94. The van der Waals surface area contributed by atoms with Gasteiger partial charge in [0.2, 0.25) is 0 Å². The second-order valence-corrected chi connectivity index (χ2v) is 5.99. The summed E-state index contributed by atoms with van der Waals surface area (Å²) in [7, 11) is 0. The Labute approximate surface area is 124 Å². The van der Waals surface area contributed by atoms with Gasteiger partial charge in [-0.1, -0.05) is 57.9 Å². The fraction of sp³-hybridized carbons (Fsp3) is 0.294. The molecule has 0 aliphatic rings. The van der Waals surface area contributed by atoms with E-state index < -0.39 is 0 Å². The number of hydrogen-bond acceptors (Lipinski definition) is 1. The van der Waals surface area contributed by atoms with Gasteiger partial charge in [0.25, 0.3) is 0 Å². The van der Waals surface area contributed by atoms with Crippen LogP contribution in [-0.2, 0) is 0 Å². The van der Waals surface area contributed by atoms with Crippen LogP contribution in [0.15, 0.2) is 53.0 Å². The molecule has 2 atom stereocenters. The average molecular weight is 318 g/mol. The van der Waals surface area contributed by atoms with Crippen molar-refractivity contribution in [2.45, 2.75) is 32.9 Å². The lowest BCUT2D eigenvalue weighted by Gasteiger charge is -2.21. The molecule has 0 bridgehead atoms. The van der Waals surface area contributed by atoms with Gasteiger partial charge < -0.3 is 5.32 Å². The van der Waals surface area contributed by atoms with Gasteiger partial charge in [-0.3, -0.25) is 0 Å². The van der Waals surface area contributed by atoms with E-state index in [1.165, 1.54) is 16.7 Å². The molecule has 0 aromatic heterocycles. The molecule has 0 saturated carbocycles. The molecule has 19 heavy (non-hydrogen) atoms. The topological polar surface area (TPSA) is 12.0 Å². The van der Waals surface area contributed by atoms with Crippen LogP contribution in [0, 0.1) is 6.92 Å². The Kier molecular flexibility index (Phi) is 4.78. The molecule has 1 nitrogen and oxygen atoms in total. The molecule has 0 radical (unpaired) electrons. The van der Waals surface area contributed by atoms with Gasteiger partial charge in [-0.15, -0.1) is 0 Å². The van der Waals surface area contributed by atoms with Crippen molar-refractivity contribution in [3.63, 3.8) is 0 Å². The molecule has 2 aromatic carbocycles. The van der Waals surface area contributed by atoms with E-state index in [0.717, 1.165) is 4.47 Å². The summed E-state index contributed by atoms with van der Waals surface area (Å²) in [6, 6.07) is 17.8. The van der Waals surface area contributed by atoms with Crippen molar-refractivity contribution in [1.29, 1.82) is 0 Å². The molecule has 1 N–H and O–H groups in total. The molecule has 0 fully saturated rings. The minimum Gasteiger partial charge on any atom is -0.304 e. The highest BCUT2D eigenvalue weighted by molar-refractivity contribution is 9.10. The monoisotopic (exact) mass is 317 g/mol. The highest BCUT2D eigenvalue weighted by Crippen LogP contribution is 2.21. The lowest BCUT2D eigenvalue weighted by atomic mass is 10.0. The predicted octanol–water partition coefficient (Wildman–Crippen LogP) is 5.17. The quantitative estimate of drug-likeness (QED) is 0.820. The van der Waals surface area contributed by atoms with Crippen LogP contribution in [0.5, 0.6) is 0 Å². The lowest BCUT2D eigenvalue weighted by molar-refractivity contribution is 0.494. The van der Waals surface area contributed by atoms with Crippen LogP contribution in [0.2, 0.25) is 0 Å². The summed E-state index contributed by atoms with van der Waals surface area (Å²) in [5.74, 6) is 0. The summed E-state index contributed by atoms with van der Waals surface area (Å²) in [6.07, 6.45) is 0. The molecule has 2 heteroatoms. The number of rotatable bonds is 4. The first-order valence-corrected chi connectivity index (χ1v) is 7.43. The van der Waals surface area contributed by atoms with Crippen LogP contribution in [0.1, 0.15) is 42.6 Å². The van der Waals surface area contributed by atoms with E-state index in [1.807, 2.05) is 0 Å². The molecule has 2 aromatic rings. The summed E-state index contributed by atoms with van der Waals surface area (Å²) in [4.78, 5) is 0. The third kappa shape index (κ3) is 3.92. The fourth-order valence-electron chi connectivity index (χ4n) is 2.26. The van der Waals surface area contributed by atoms with E-state index in [4.69, 9.17) is 0 Å². The summed E-state index contributed by atoms with van der Waals surface area (Å²) in [6.45, 7) is 6.55. The number of nitrogens with one attached hydrogen (secondary N) is 1. The zero-order valence-corrected chi connectivity index (χ0v) is 13.2. The van der Waals surface area contributed by atoms with Gasteiger partial charge in [0.05, 0.1) is 0 Å². The Morgan fingerprint density at radius 3 is 2.16 bits per heavy atom. The van der Waals surface area contributed by atoms with Crippen molar-refractivity contribution in [3.8, 4) is 0 Å². The molecule has 2 unspecified atom stereocenters. The standard InChI is InChI=1S/C17H20BrN/c1-12-5-4-6-16(11-12)14(3)19-13(2)15-7-9-17(18)10-8-15/h4-11,13-14,19H,1-3H3. The van der Waals surface area contributed by atoms with Crippen molar-refractivity contribution in [3.05, 3.63) is 69.7 Å². The molecule has 0 spiro atoms. The van der Waals surface area contributed by atoms with Crippen molar-refractivity contribution in [2.75, 3.05) is 0 Å². The number of benzene rings is 2. The first kappa shape index (κ1) is 14.3. The lowest BCUT2D eigenvalue weighted by Crippen LogP contribution is -2.22. The van der Waals surface area contributed by atoms with Crippen LogP contribution in [-0.4, -0.2) is 0 Å². The number of halogens is 1. The van der Waals surface area contributed by atoms with E-state index in [0.29, 0.717) is 12.1 Å². The summed E-state index contributed by atoms with van der Waals surface area (Å²) in [5, 5.41) is 3.64. The number of aryl methyl sites for hydroxylation is 1. The fourth-order valence-corrected chi connectivity index (χ4v) is 2.52. The molecule has 0 saturated heterocycles. The minimum atomic E-state index is 0.337. The van der Waals surface area contributed by atoms with Gasteiger partial charge in [-0.25, -0.2) is 0 Å². The second-order valence-electron chi connectivity index (χ2n) is 5.08. The van der Waals surface area contributed by atoms with Crippen LogP contribution < -0.4 is 5.32 Å². The first-order valence-electron chi connectivity index (χ1n) is 6.64. The van der Waals surface area contributed by atoms with Gasteiger partial charge in [0, 0.05) is 16.6 Å². The predicted molar refractivity (Wildman–Crippen MR) is 85.3 cm³/mol. The molecule has 100 valence electrons. The minimum absolute atomic E-state index is 0.337. The Hall–Kier alpha value is -1.12. The van der Waals surface area contributed by atoms with E-state index in [9.17, 15) is 0 Å². The highest BCUT2D eigenvalue weighted by atomic mass is 79.9. The molecule has 2 rings (SSSR count). The van der Waals surface area contributed by atoms with E-state index >= 15 is 0 Å². The molecular formula is C17H20BrN. The van der Waals surface area contributed by atoms with Gasteiger partial charge >= 0.3 is 0 Å². The molecular weight excluding hydrogens is 298 g/mol. The van der Waals surface area contributed by atoms with Gasteiger partial charge in [0.15, 0.2) is 0 Å². The van der Waals surface area contributed by atoms with Crippen LogP contribution in [0.4, 0.5) is 0 Å². The summed E-state index contributed by atoms with van der Waals surface area (Å²) in [5.41, 5.74) is 3.95. The second kappa shape index (κ2) is 6.36. The van der Waals surface area contributed by atoms with Crippen LogP contribution in [0.3, 0.4) is 0 Å².